The number of aromatic carboxylic acids is 1. The summed E-state index contributed by atoms with van der Waals surface area (Å²) in [5.41, 5.74) is 2.04. The summed E-state index contributed by atoms with van der Waals surface area (Å²) in [4.78, 5) is 23.3. The highest BCUT2D eigenvalue weighted by molar-refractivity contribution is 9.10. The van der Waals surface area contributed by atoms with Gasteiger partial charge in [0.05, 0.1) is 11.1 Å². The van der Waals surface area contributed by atoms with Gasteiger partial charge in [0.2, 0.25) is 0 Å². The SMILES string of the molecule is Cc1ccc(C(=O)Nc2ccc(Br)c(C(=O)O)c2)c(Br)c1. The quantitative estimate of drug-likeness (QED) is 0.781. The van der Waals surface area contributed by atoms with Gasteiger partial charge in [0.25, 0.3) is 5.91 Å². The third-order valence-corrected chi connectivity index (χ3v) is 4.17. The molecule has 1 amide bonds. The van der Waals surface area contributed by atoms with E-state index >= 15 is 0 Å². The fourth-order valence-electron chi connectivity index (χ4n) is 1.77. The molecule has 0 aliphatic rings. The normalized spacial score (nSPS) is 10.2. The highest BCUT2D eigenvalue weighted by atomic mass is 79.9. The fourth-order valence-corrected chi connectivity index (χ4v) is 2.86. The molecule has 0 aliphatic carbocycles. The van der Waals surface area contributed by atoms with Gasteiger partial charge >= 0.3 is 5.97 Å². The minimum absolute atomic E-state index is 0.0933. The molecule has 0 saturated heterocycles. The molecule has 2 N–H and O–H groups in total. The van der Waals surface area contributed by atoms with Crippen LogP contribution >= 0.6 is 31.9 Å². The average molecular weight is 413 g/mol. The second-order valence-corrected chi connectivity index (χ2v) is 6.15. The van der Waals surface area contributed by atoms with E-state index in [1.807, 2.05) is 19.1 Å². The lowest BCUT2D eigenvalue weighted by Crippen LogP contribution is -2.13. The molecule has 108 valence electrons. The van der Waals surface area contributed by atoms with Crippen molar-refractivity contribution in [1.82, 2.24) is 0 Å². The Balaban J connectivity index is 2.27. The summed E-state index contributed by atoms with van der Waals surface area (Å²) >= 11 is 6.51. The maximum Gasteiger partial charge on any atom is 0.336 e. The number of rotatable bonds is 3. The van der Waals surface area contributed by atoms with Gasteiger partial charge in [-0.2, -0.15) is 0 Å². The number of nitrogens with one attached hydrogen (secondary N) is 1. The van der Waals surface area contributed by atoms with Gasteiger partial charge in [-0.05, 0) is 74.7 Å². The van der Waals surface area contributed by atoms with Gasteiger partial charge in [0.1, 0.15) is 0 Å². The zero-order valence-corrected chi connectivity index (χ0v) is 14.2. The molecule has 2 aromatic carbocycles. The Kier molecular flexibility index (Phi) is 4.80. The molecular formula is C15H11Br2NO3. The van der Waals surface area contributed by atoms with Gasteiger partial charge in [-0.15, -0.1) is 0 Å². The van der Waals surface area contributed by atoms with Crippen LogP contribution in [0.15, 0.2) is 45.3 Å². The van der Waals surface area contributed by atoms with Crippen LogP contribution in [0, 0.1) is 6.92 Å². The Morgan fingerprint density at radius 3 is 2.33 bits per heavy atom. The molecule has 0 bridgehead atoms. The molecule has 2 aromatic rings. The van der Waals surface area contributed by atoms with Gasteiger partial charge in [-0.1, -0.05) is 6.07 Å². The first-order valence-corrected chi connectivity index (χ1v) is 7.57. The molecule has 0 atom stereocenters. The highest BCUT2D eigenvalue weighted by Gasteiger charge is 2.13. The van der Waals surface area contributed by atoms with Gasteiger partial charge in [0, 0.05) is 14.6 Å². The van der Waals surface area contributed by atoms with Crippen LogP contribution < -0.4 is 5.32 Å². The molecule has 4 nitrogen and oxygen atoms in total. The van der Waals surface area contributed by atoms with E-state index in [1.54, 1.807) is 18.2 Å². The Bertz CT molecular complexity index is 729. The number of carbonyl (C=O) groups excluding carboxylic acids is 1. The first-order chi connectivity index (χ1) is 9.88. The zero-order chi connectivity index (χ0) is 15.6. The lowest BCUT2D eigenvalue weighted by atomic mass is 10.1. The lowest BCUT2D eigenvalue weighted by Gasteiger charge is -2.09. The van der Waals surface area contributed by atoms with Crippen LogP contribution in [0.2, 0.25) is 0 Å². The van der Waals surface area contributed by atoms with Crippen molar-refractivity contribution in [2.75, 3.05) is 5.32 Å². The van der Waals surface area contributed by atoms with Gasteiger partial charge in [-0.3, -0.25) is 4.79 Å². The Morgan fingerprint density at radius 2 is 1.71 bits per heavy atom. The zero-order valence-electron chi connectivity index (χ0n) is 11.0. The first kappa shape index (κ1) is 15.7. The topological polar surface area (TPSA) is 66.4 Å². The Labute approximate surface area is 138 Å². The van der Waals surface area contributed by atoms with Gasteiger partial charge in [-0.25, -0.2) is 4.79 Å². The van der Waals surface area contributed by atoms with Crippen molar-refractivity contribution < 1.29 is 14.7 Å². The van der Waals surface area contributed by atoms with E-state index in [2.05, 4.69) is 37.2 Å². The van der Waals surface area contributed by atoms with E-state index in [0.29, 0.717) is 20.2 Å². The van der Waals surface area contributed by atoms with Crippen LogP contribution in [-0.4, -0.2) is 17.0 Å². The van der Waals surface area contributed by atoms with E-state index in [4.69, 9.17) is 5.11 Å². The number of amides is 1. The molecule has 6 heteroatoms. The van der Waals surface area contributed by atoms with E-state index in [0.717, 1.165) is 5.56 Å². The second-order valence-electron chi connectivity index (χ2n) is 4.44. The smallest absolute Gasteiger partial charge is 0.336 e. The molecule has 0 unspecified atom stereocenters. The fraction of sp³-hybridized carbons (Fsp3) is 0.0667. The van der Waals surface area contributed by atoms with E-state index in [9.17, 15) is 9.59 Å². The molecule has 0 heterocycles. The van der Waals surface area contributed by atoms with Crippen molar-refractivity contribution in [3.05, 3.63) is 62.0 Å². The Hall–Kier alpha value is -1.66. The number of aryl methyl sites for hydroxylation is 1. The first-order valence-electron chi connectivity index (χ1n) is 5.99. The summed E-state index contributed by atoms with van der Waals surface area (Å²) in [6.07, 6.45) is 0. The Morgan fingerprint density at radius 1 is 1.00 bits per heavy atom. The number of carboxylic acids is 1. The van der Waals surface area contributed by atoms with Crippen LogP contribution in [-0.2, 0) is 0 Å². The molecule has 2 rings (SSSR count). The third kappa shape index (κ3) is 3.71. The number of anilines is 1. The molecule has 0 aliphatic heterocycles. The number of carbonyl (C=O) groups is 2. The number of benzene rings is 2. The van der Waals surface area contributed by atoms with Gasteiger partial charge in [0.15, 0.2) is 0 Å². The number of carboxylic acid groups (broad SMARTS) is 1. The molecular weight excluding hydrogens is 402 g/mol. The van der Waals surface area contributed by atoms with Crippen LogP contribution in [0.5, 0.6) is 0 Å². The maximum atomic E-state index is 12.2. The van der Waals surface area contributed by atoms with Gasteiger partial charge < -0.3 is 10.4 Å². The summed E-state index contributed by atoms with van der Waals surface area (Å²) < 4.78 is 1.15. The molecule has 0 radical (unpaired) electrons. The average Bonchev–Trinajstić information content (AvgIpc) is 2.40. The summed E-state index contributed by atoms with van der Waals surface area (Å²) in [6.45, 7) is 1.93. The number of hydrogen-bond donors (Lipinski definition) is 2. The summed E-state index contributed by atoms with van der Waals surface area (Å²) in [5.74, 6) is -1.37. The maximum absolute atomic E-state index is 12.2. The molecule has 0 saturated carbocycles. The van der Waals surface area contributed by atoms with Crippen molar-refractivity contribution >= 4 is 49.4 Å². The highest BCUT2D eigenvalue weighted by Crippen LogP contribution is 2.23. The summed E-state index contributed by atoms with van der Waals surface area (Å²) in [7, 11) is 0. The standard InChI is InChI=1S/C15H11Br2NO3/c1-8-2-4-10(13(17)6-8)14(19)18-9-3-5-12(16)11(7-9)15(20)21/h2-7H,1H3,(H,18,19)(H,20,21). The minimum atomic E-state index is -1.06. The van der Waals surface area contributed by atoms with Crippen LogP contribution in [0.1, 0.15) is 26.3 Å². The van der Waals surface area contributed by atoms with Crippen molar-refractivity contribution in [3.8, 4) is 0 Å². The molecule has 0 aromatic heterocycles. The monoisotopic (exact) mass is 411 g/mol. The van der Waals surface area contributed by atoms with Crippen LogP contribution in [0.25, 0.3) is 0 Å². The van der Waals surface area contributed by atoms with Crippen molar-refractivity contribution in [2.45, 2.75) is 6.92 Å². The number of halogens is 2. The van der Waals surface area contributed by atoms with E-state index < -0.39 is 5.97 Å². The molecule has 0 fully saturated rings. The summed E-state index contributed by atoms with van der Waals surface area (Å²) in [5, 5.41) is 11.8. The van der Waals surface area contributed by atoms with E-state index in [1.165, 1.54) is 6.07 Å². The predicted molar refractivity (Wildman–Crippen MR) is 87.9 cm³/mol. The summed E-state index contributed by atoms with van der Waals surface area (Å²) in [6, 6.07) is 10.0. The second kappa shape index (κ2) is 6.41. The van der Waals surface area contributed by atoms with Crippen molar-refractivity contribution in [2.24, 2.45) is 0 Å². The van der Waals surface area contributed by atoms with Crippen LogP contribution in [0.4, 0.5) is 5.69 Å². The molecule has 0 spiro atoms. The predicted octanol–water partition coefficient (Wildman–Crippen LogP) is 4.47. The van der Waals surface area contributed by atoms with Crippen LogP contribution in [0.3, 0.4) is 0 Å². The minimum Gasteiger partial charge on any atom is -0.478 e. The van der Waals surface area contributed by atoms with Crippen molar-refractivity contribution in [1.29, 1.82) is 0 Å². The lowest BCUT2D eigenvalue weighted by molar-refractivity contribution is 0.0695. The largest absolute Gasteiger partial charge is 0.478 e. The number of hydrogen-bond acceptors (Lipinski definition) is 2. The van der Waals surface area contributed by atoms with E-state index in [-0.39, 0.29) is 11.5 Å². The third-order valence-electron chi connectivity index (χ3n) is 2.82. The van der Waals surface area contributed by atoms with Crippen molar-refractivity contribution in [3.63, 3.8) is 0 Å². The molecule has 21 heavy (non-hydrogen) atoms.